The monoisotopic (exact) mass is 367 g/mol. The fourth-order valence-corrected chi connectivity index (χ4v) is 4.90. The van der Waals surface area contributed by atoms with Crippen LogP contribution in [-0.2, 0) is 14.8 Å². The number of carbonyl (C=O) groups is 1. The Labute approximate surface area is 149 Å². The molecule has 0 spiro atoms. The van der Waals surface area contributed by atoms with Gasteiger partial charge >= 0.3 is 0 Å². The third-order valence-electron chi connectivity index (χ3n) is 4.77. The number of hydrogen-bond acceptors (Lipinski definition) is 5. The summed E-state index contributed by atoms with van der Waals surface area (Å²) < 4.78 is 32.2. The maximum Gasteiger partial charge on any atom is 0.254 e. The van der Waals surface area contributed by atoms with Crippen LogP contribution in [0.4, 0.5) is 0 Å². The van der Waals surface area contributed by atoms with Gasteiger partial charge in [-0.1, -0.05) is 6.07 Å². The van der Waals surface area contributed by atoms with Crippen LogP contribution in [-0.4, -0.2) is 76.0 Å². The predicted molar refractivity (Wildman–Crippen MR) is 94.0 cm³/mol. The first-order chi connectivity index (χ1) is 12.0. The Morgan fingerprint density at radius 3 is 2.76 bits per heavy atom. The lowest BCUT2D eigenvalue weighted by Crippen LogP contribution is -2.41. The number of sulfonamides is 1. The Hall–Kier alpha value is -1.48. The number of carbonyl (C=O) groups excluding carboxylic acids is 1. The topological polar surface area (TPSA) is 79.0 Å². The van der Waals surface area contributed by atoms with Crippen molar-refractivity contribution < 1.29 is 17.9 Å². The zero-order valence-electron chi connectivity index (χ0n) is 14.5. The number of amides is 1. The first kappa shape index (κ1) is 18.3. The predicted octanol–water partition coefficient (Wildman–Crippen LogP) is 0.532. The van der Waals surface area contributed by atoms with E-state index in [0.717, 1.165) is 19.4 Å². The van der Waals surface area contributed by atoms with Gasteiger partial charge in [0.25, 0.3) is 5.91 Å². The van der Waals surface area contributed by atoms with E-state index < -0.39 is 10.0 Å². The van der Waals surface area contributed by atoms with Gasteiger partial charge in [0.2, 0.25) is 10.0 Å². The van der Waals surface area contributed by atoms with E-state index in [1.54, 1.807) is 18.2 Å². The highest BCUT2D eigenvalue weighted by molar-refractivity contribution is 7.89. The van der Waals surface area contributed by atoms with Crippen molar-refractivity contribution in [3.8, 4) is 0 Å². The van der Waals surface area contributed by atoms with Crippen molar-refractivity contribution in [1.29, 1.82) is 0 Å². The van der Waals surface area contributed by atoms with E-state index in [0.29, 0.717) is 38.4 Å². The van der Waals surface area contributed by atoms with E-state index in [9.17, 15) is 13.2 Å². The standard InChI is InChI=1S/C17H25N3O4S/c1-18-13-15-5-3-7-20(15)17(21)14-4-2-6-16(12-14)25(22,23)19-8-10-24-11-9-19/h2,4,6,12,15,18H,3,5,7-11,13H2,1H3. The molecule has 0 aliphatic carbocycles. The van der Waals surface area contributed by atoms with E-state index in [4.69, 9.17) is 4.74 Å². The van der Waals surface area contributed by atoms with Gasteiger partial charge in [-0.25, -0.2) is 8.42 Å². The Bertz CT molecular complexity index is 716. The lowest BCUT2D eigenvalue weighted by Gasteiger charge is -2.27. The summed E-state index contributed by atoms with van der Waals surface area (Å²) in [5.41, 5.74) is 0.428. The maximum absolute atomic E-state index is 12.9. The lowest BCUT2D eigenvalue weighted by molar-refractivity contribution is 0.0728. The van der Waals surface area contributed by atoms with Gasteiger partial charge in [0.15, 0.2) is 0 Å². The second-order valence-corrected chi connectivity index (χ2v) is 8.33. The molecule has 1 aromatic carbocycles. The van der Waals surface area contributed by atoms with Crippen LogP contribution in [0.15, 0.2) is 29.2 Å². The van der Waals surface area contributed by atoms with E-state index in [2.05, 4.69) is 5.32 Å². The molecule has 8 heteroatoms. The molecule has 25 heavy (non-hydrogen) atoms. The Kier molecular flexibility index (Phi) is 5.73. The van der Waals surface area contributed by atoms with E-state index in [1.165, 1.54) is 10.4 Å². The van der Waals surface area contributed by atoms with Gasteiger partial charge in [0.05, 0.1) is 18.1 Å². The van der Waals surface area contributed by atoms with Crippen LogP contribution in [0.5, 0.6) is 0 Å². The summed E-state index contributed by atoms with van der Waals surface area (Å²) in [7, 11) is -1.72. The minimum absolute atomic E-state index is 0.100. The second-order valence-electron chi connectivity index (χ2n) is 6.40. The van der Waals surface area contributed by atoms with Crippen LogP contribution in [0.1, 0.15) is 23.2 Å². The molecule has 2 heterocycles. The minimum Gasteiger partial charge on any atom is -0.379 e. The molecular formula is C17H25N3O4S. The summed E-state index contributed by atoms with van der Waals surface area (Å²) in [6.45, 7) is 2.95. The molecule has 0 saturated carbocycles. The van der Waals surface area contributed by atoms with E-state index >= 15 is 0 Å². The highest BCUT2D eigenvalue weighted by atomic mass is 32.2. The highest BCUT2D eigenvalue weighted by Gasteiger charge is 2.31. The van der Waals surface area contributed by atoms with Crippen LogP contribution in [0.2, 0.25) is 0 Å². The molecule has 0 aromatic heterocycles. The Balaban J connectivity index is 1.82. The molecular weight excluding hydrogens is 342 g/mol. The Morgan fingerprint density at radius 2 is 2.04 bits per heavy atom. The second kappa shape index (κ2) is 7.82. The van der Waals surface area contributed by atoms with Crippen LogP contribution >= 0.6 is 0 Å². The fraction of sp³-hybridized carbons (Fsp3) is 0.588. The van der Waals surface area contributed by atoms with Crippen LogP contribution in [0, 0.1) is 0 Å². The number of likely N-dealkylation sites (tertiary alicyclic amines) is 1. The molecule has 1 unspecified atom stereocenters. The summed E-state index contributed by atoms with van der Waals surface area (Å²) in [5.74, 6) is -0.100. The number of rotatable bonds is 5. The number of benzene rings is 1. The molecule has 2 saturated heterocycles. The number of nitrogens with one attached hydrogen (secondary N) is 1. The number of nitrogens with zero attached hydrogens (tertiary/aromatic N) is 2. The van der Waals surface area contributed by atoms with Gasteiger partial charge in [0, 0.05) is 37.8 Å². The summed E-state index contributed by atoms with van der Waals surface area (Å²) in [4.78, 5) is 14.9. The average molecular weight is 367 g/mol. The normalized spacial score (nSPS) is 22.3. The number of morpholine rings is 1. The first-order valence-corrected chi connectivity index (χ1v) is 10.1. The van der Waals surface area contributed by atoms with Crippen molar-refractivity contribution in [2.75, 3.05) is 46.4 Å². The third-order valence-corrected chi connectivity index (χ3v) is 6.66. The van der Waals surface area contributed by atoms with E-state index in [1.807, 2.05) is 11.9 Å². The molecule has 1 atom stereocenters. The minimum atomic E-state index is -3.60. The van der Waals surface area contributed by atoms with Gasteiger partial charge in [-0.15, -0.1) is 0 Å². The van der Waals surface area contributed by atoms with Crippen molar-refractivity contribution >= 4 is 15.9 Å². The summed E-state index contributed by atoms with van der Waals surface area (Å²) in [6, 6.07) is 6.55. The van der Waals surface area contributed by atoms with Crippen molar-refractivity contribution in [3.63, 3.8) is 0 Å². The van der Waals surface area contributed by atoms with Crippen molar-refractivity contribution in [3.05, 3.63) is 29.8 Å². The number of likely N-dealkylation sites (N-methyl/N-ethyl adjacent to an activating group) is 1. The van der Waals surface area contributed by atoms with Crippen LogP contribution in [0.3, 0.4) is 0 Å². The van der Waals surface area contributed by atoms with Crippen molar-refractivity contribution in [2.24, 2.45) is 0 Å². The molecule has 7 nitrogen and oxygen atoms in total. The number of hydrogen-bond donors (Lipinski definition) is 1. The molecule has 0 radical (unpaired) electrons. The summed E-state index contributed by atoms with van der Waals surface area (Å²) in [5, 5.41) is 3.12. The number of ether oxygens (including phenoxy) is 1. The molecule has 3 rings (SSSR count). The van der Waals surface area contributed by atoms with E-state index in [-0.39, 0.29) is 16.8 Å². The first-order valence-electron chi connectivity index (χ1n) is 8.67. The average Bonchev–Trinajstić information content (AvgIpc) is 3.10. The fourth-order valence-electron chi connectivity index (χ4n) is 3.44. The van der Waals surface area contributed by atoms with Gasteiger partial charge in [-0.2, -0.15) is 4.31 Å². The van der Waals surface area contributed by atoms with Crippen molar-refractivity contribution in [2.45, 2.75) is 23.8 Å². The molecule has 1 amide bonds. The summed E-state index contributed by atoms with van der Waals surface area (Å²) >= 11 is 0. The highest BCUT2D eigenvalue weighted by Crippen LogP contribution is 2.23. The molecule has 138 valence electrons. The largest absolute Gasteiger partial charge is 0.379 e. The zero-order valence-corrected chi connectivity index (χ0v) is 15.3. The molecule has 0 bridgehead atoms. The molecule has 2 aliphatic heterocycles. The van der Waals surface area contributed by atoms with Gasteiger partial charge in [0.1, 0.15) is 0 Å². The summed E-state index contributed by atoms with van der Waals surface area (Å²) in [6.07, 6.45) is 1.95. The Morgan fingerprint density at radius 1 is 1.28 bits per heavy atom. The van der Waals surface area contributed by atoms with Gasteiger partial charge < -0.3 is 15.0 Å². The molecule has 1 aromatic rings. The quantitative estimate of drug-likeness (QED) is 0.821. The smallest absolute Gasteiger partial charge is 0.254 e. The van der Waals surface area contributed by atoms with Crippen LogP contribution in [0.25, 0.3) is 0 Å². The SMILES string of the molecule is CNCC1CCCN1C(=O)c1cccc(S(=O)(=O)N2CCOCC2)c1. The molecule has 2 aliphatic rings. The lowest BCUT2D eigenvalue weighted by atomic mass is 10.1. The van der Waals surface area contributed by atoms with Crippen molar-refractivity contribution in [1.82, 2.24) is 14.5 Å². The zero-order chi connectivity index (χ0) is 17.9. The third kappa shape index (κ3) is 3.87. The molecule has 2 fully saturated rings. The van der Waals surface area contributed by atoms with Gasteiger partial charge in [-0.3, -0.25) is 4.79 Å². The maximum atomic E-state index is 12.9. The van der Waals surface area contributed by atoms with Crippen LogP contribution < -0.4 is 5.32 Å². The molecule has 1 N–H and O–H groups in total. The van der Waals surface area contributed by atoms with Gasteiger partial charge in [-0.05, 0) is 38.1 Å².